The minimum absolute atomic E-state index is 0.273. The average Bonchev–Trinajstić information content (AvgIpc) is 2.36. The van der Waals surface area contributed by atoms with Gasteiger partial charge in [0, 0.05) is 45.3 Å². The summed E-state index contributed by atoms with van der Waals surface area (Å²) in [7, 11) is 3.82. The Labute approximate surface area is 118 Å². The largest absolute Gasteiger partial charge is 0.383 e. The number of methoxy groups -OCH3 is 1. The molecule has 1 rings (SSSR count). The standard InChI is InChI=1S/C15H32N2O2/c1-14(2)10-17(7-9-18-4)12-15(11-16-3)6-5-8-19-13-15/h14,16H,5-13H2,1-4H3. The highest BCUT2D eigenvalue weighted by Crippen LogP contribution is 2.29. The second-order valence-corrected chi connectivity index (χ2v) is 6.31. The molecule has 0 amide bonds. The van der Waals surface area contributed by atoms with Gasteiger partial charge in [0.05, 0.1) is 13.2 Å². The summed E-state index contributed by atoms with van der Waals surface area (Å²) < 4.78 is 11.0. The first-order valence-corrected chi connectivity index (χ1v) is 7.55. The SMILES string of the molecule is CNCC1(CN(CCOC)CC(C)C)CCCOC1. The van der Waals surface area contributed by atoms with Gasteiger partial charge in [0.1, 0.15) is 0 Å². The van der Waals surface area contributed by atoms with Gasteiger partial charge in [0.25, 0.3) is 0 Å². The maximum absolute atomic E-state index is 5.75. The van der Waals surface area contributed by atoms with Crippen molar-refractivity contribution in [3.63, 3.8) is 0 Å². The number of rotatable bonds is 9. The lowest BCUT2D eigenvalue weighted by molar-refractivity contribution is -0.0296. The minimum Gasteiger partial charge on any atom is -0.383 e. The third-order valence-corrected chi connectivity index (χ3v) is 3.75. The molecule has 0 aliphatic carbocycles. The van der Waals surface area contributed by atoms with Crippen molar-refractivity contribution >= 4 is 0 Å². The first-order chi connectivity index (χ1) is 9.12. The van der Waals surface area contributed by atoms with Crippen LogP contribution in [0.3, 0.4) is 0 Å². The number of hydrogen-bond donors (Lipinski definition) is 1. The Morgan fingerprint density at radius 1 is 1.42 bits per heavy atom. The summed E-state index contributed by atoms with van der Waals surface area (Å²) in [6.07, 6.45) is 2.44. The highest BCUT2D eigenvalue weighted by Gasteiger charge is 2.34. The molecule has 1 fully saturated rings. The van der Waals surface area contributed by atoms with Crippen LogP contribution in [0, 0.1) is 11.3 Å². The van der Waals surface area contributed by atoms with Crippen molar-refractivity contribution in [1.82, 2.24) is 10.2 Å². The lowest BCUT2D eigenvalue weighted by atomic mass is 9.81. The molecule has 0 spiro atoms. The van der Waals surface area contributed by atoms with E-state index in [-0.39, 0.29) is 5.41 Å². The number of nitrogens with zero attached hydrogens (tertiary/aromatic N) is 1. The predicted octanol–water partition coefficient (Wildman–Crippen LogP) is 1.61. The second-order valence-electron chi connectivity index (χ2n) is 6.31. The maximum atomic E-state index is 5.75. The molecule has 4 heteroatoms. The van der Waals surface area contributed by atoms with Crippen molar-refractivity contribution in [2.45, 2.75) is 26.7 Å². The van der Waals surface area contributed by atoms with Crippen molar-refractivity contribution in [2.24, 2.45) is 11.3 Å². The van der Waals surface area contributed by atoms with Crippen LogP contribution in [-0.2, 0) is 9.47 Å². The fourth-order valence-electron chi connectivity index (χ4n) is 3.05. The third kappa shape index (κ3) is 6.21. The van der Waals surface area contributed by atoms with Gasteiger partial charge in [0.2, 0.25) is 0 Å². The van der Waals surface area contributed by atoms with Crippen LogP contribution in [0.15, 0.2) is 0 Å². The molecule has 1 saturated heterocycles. The molecule has 1 atom stereocenters. The van der Waals surface area contributed by atoms with Crippen molar-refractivity contribution < 1.29 is 9.47 Å². The third-order valence-electron chi connectivity index (χ3n) is 3.75. The summed E-state index contributed by atoms with van der Waals surface area (Å²) >= 11 is 0. The van der Waals surface area contributed by atoms with E-state index in [1.807, 2.05) is 7.05 Å². The van der Waals surface area contributed by atoms with E-state index in [4.69, 9.17) is 9.47 Å². The molecule has 0 bridgehead atoms. The van der Waals surface area contributed by atoms with Crippen LogP contribution < -0.4 is 5.32 Å². The Morgan fingerprint density at radius 2 is 2.21 bits per heavy atom. The van der Waals surface area contributed by atoms with E-state index >= 15 is 0 Å². The van der Waals surface area contributed by atoms with E-state index in [1.165, 1.54) is 12.8 Å². The summed E-state index contributed by atoms with van der Waals surface area (Å²) in [6, 6.07) is 0. The summed E-state index contributed by atoms with van der Waals surface area (Å²) in [4.78, 5) is 2.54. The van der Waals surface area contributed by atoms with Crippen LogP contribution in [0.25, 0.3) is 0 Å². The smallest absolute Gasteiger partial charge is 0.0589 e. The average molecular weight is 272 g/mol. The first-order valence-electron chi connectivity index (χ1n) is 7.55. The molecule has 114 valence electrons. The number of ether oxygens (including phenoxy) is 2. The molecule has 1 N–H and O–H groups in total. The minimum atomic E-state index is 0.273. The maximum Gasteiger partial charge on any atom is 0.0589 e. The van der Waals surface area contributed by atoms with Gasteiger partial charge in [-0.25, -0.2) is 0 Å². The zero-order chi connectivity index (χ0) is 14.1. The topological polar surface area (TPSA) is 33.7 Å². The van der Waals surface area contributed by atoms with Crippen molar-refractivity contribution in [3.05, 3.63) is 0 Å². The van der Waals surface area contributed by atoms with E-state index in [0.717, 1.165) is 46.0 Å². The lowest BCUT2D eigenvalue weighted by Gasteiger charge is -2.41. The number of hydrogen-bond acceptors (Lipinski definition) is 4. The fraction of sp³-hybridized carbons (Fsp3) is 1.00. The highest BCUT2D eigenvalue weighted by molar-refractivity contribution is 4.87. The van der Waals surface area contributed by atoms with E-state index in [9.17, 15) is 0 Å². The summed E-state index contributed by atoms with van der Waals surface area (Å²) in [5, 5.41) is 3.36. The molecule has 4 nitrogen and oxygen atoms in total. The fourth-order valence-corrected chi connectivity index (χ4v) is 3.05. The van der Waals surface area contributed by atoms with E-state index in [0.29, 0.717) is 5.92 Å². The van der Waals surface area contributed by atoms with Crippen LogP contribution in [0.2, 0.25) is 0 Å². The van der Waals surface area contributed by atoms with Gasteiger partial charge in [-0.3, -0.25) is 0 Å². The van der Waals surface area contributed by atoms with Crippen molar-refractivity contribution in [3.8, 4) is 0 Å². The highest BCUT2D eigenvalue weighted by atomic mass is 16.5. The molecule has 0 saturated carbocycles. The summed E-state index contributed by atoms with van der Waals surface area (Å²) in [5.41, 5.74) is 0.273. The second kappa shape index (κ2) is 8.90. The molecule has 0 aromatic heterocycles. The molecule has 0 aromatic rings. The van der Waals surface area contributed by atoms with Crippen LogP contribution in [0.4, 0.5) is 0 Å². The Balaban J connectivity index is 2.59. The zero-order valence-corrected chi connectivity index (χ0v) is 13.2. The molecular formula is C15H32N2O2. The van der Waals surface area contributed by atoms with Gasteiger partial charge in [-0.15, -0.1) is 0 Å². The predicted molar refractivity (Wildman–Crippen MR) is 79.6 cm³/mol. The molecule has 19 heavy (non-hydrogen) atoms. The number of nitrogens with one attached hydrogen (secondary N) is 1. The first kappa shape index (κ1) is 16.9. The van der Waals surface area contributed by atoms with E-state index < -0.39 is 0 Å². The molecule has 1 heterocycles. The summed E-state index contributed by atoms with van der Waals surface area (Å²) in [5.74, 6) is 0.688. The van der Waals surface area contributed by atoms with E-state index in [1.54, 1.807) is 7.11 Å². The van der Waals surface area contributed by atoms with Crippen molar-refractivity contribution in [2.75, 3.05) is 60.2 Å². The van der Waals surface area contributed by atoms with Gasteiger partial charge in [-0.05, 0) is 25.8 Å². The summed E-state index contributed by atoms with van der Waals surface area (Å²) in [6.45, 7) is 11.5. The van der Waals surface area contributed by atoms with Gasteiger partial charge in [-0.2, -0.15) is 0 Å². The quantitative estimate of drug-likeness (QED) is 0.691. The van der Waals surface area contributed by atoms with Crippen LogP contribution in [-0.4, -0.2) is 65.1 Å². The van der Waals surface area contributed by atoms with Gasteiger partial charge >= 0.3 is 0 Å². The Morgan fingerprint density at radius 3 is 2.74 bits per heavy atom. The zero-order valence-electron chi connectivity index (χ0n) is 13.2. The molecule has 1 aliphatic heterocycles. The lowest BCUT2D eigenvalue weighted by Crippen LogP contribution is -2.49. The van der Waals surface area contributed by atoms with Crippen LogP contribution in [0.1, 0.15) is 26.7 Å². The van der Waals surface area contributed by atoms with Gasteiger partial charge in [0.15, 0.2) is 0 Å². The molecule has 1 unspecified atom stereocenters. The normalized spacial score (nSPS) is 24.3. The van der Waals surface area contributed by atoms with Gasteiger partial charge < -0.3 is 19.7 Å². The van der Waals surface area contributed by atoms with E-state index in [2.05, 4.69) is 24.1 Å². The van der Waals surface area contributed by atoms with Gasteiger partial charge in [-0.1, -0.05) is 13.8 Å². The molecule has 1 aliphatic rings. The Bertz CT molecular complexity index is 223. The monoisotopic (exact) mass is 272 g/mol. The molecule has 0 aromatic carbocycles. The van der Waals surface area contributed by atoms with Crippen LogP contribution in [0.5, 0.6) is 0 Å². The Kier molecular flexibility index (Phi) is 7.91. The molecular weight excluding hydrogens is 240 g/mol. The van der Waals surface area contributed by atoms with Crippen LogP contribution >= 0.6 is 0 Å². The Hall–Kier alpha value is -0.160. The van der Waals surface area contributed by atoms with Crippen molar-refractivity contribution in [1.29, 1.82) is 0 Å². The molecule has 0 radical (unpaired) electrons.